The second-order valence-electron chi connectivity index (χ2n) is 20.0. The summed E-state index contributed by atoms with van der Waals surface area (Å²) < 4.78 is 19.2. The fourth-order valence-corrected chi connectivity index (χ4v) is 11.1. The van der Waals surface area contributed by atoms with Gasteiger partial charge >= 0.3 is 12.1 Å². The second-order valence-corrected chi connectivity index (χ2v) is 20.4. The number of benzene rings is 2. The Kier molecular flexibility index (Phi) is 13.7. The van der Waals surface area contributed by atoms with Gasteiger partial charge in [-0.15, -0.1) is 10.2 Å². The zero-order valence-corrected chi connectivity index (χ0v) is 41.8. The lowest BCUT2D eigenvalue weighted by molar-refractivity contribution is -0.172. The van der Waals surface area contributed by atoms with Crippen molar-refractivity contribution in [3.8, 4) is 29.0 Å². The molecule has 1 atom stereocenters. The van der Waals surface area contributed by atoms with Crippen LogP contribution in [0.15, 0.2) is 53.3 Å². The standard InChI is InChI=1S/C53H59ClN10O8/c1-5-53(69)40-25-43-48-34(28-64(43)50(66)39(40)30-70-51(53)67)24-37-38(29-60(3)4)45(14-11-41(37)57-48)72-52(68)63-22-20-61(21-23-63)27-32-16-18-62(19-17-32)46-15-12-42(58-59-46)49(65)56-35-7-9-36(10-8-35)71-44-13-6-33(26-55)47(54)31(44)2/h6,11-15,24-25,32,35-36,69H,5,7-10,16-23,27-30H2,1-4H3,(H,56,65)/t35?,36?,53-/m0/s1. The Hall–Kier alpha value is -6.65. The van der Waals surface area contributed by atoms with Crippen LogP contribution in [0.2, 0.25) is 5.02 Å². The molecule has 19 heteroatoms. The Balaban J connectivity index is 0.693. The molecule has 7 heterocycles. The fraction of sp³-hybridized carbons (Fsp3) is 0.472. The van der Waals surface area contributed by atoms with Crippen LogP contribution in [0.25, 0.3) is 22.3 Å². The van der Waals surface area contributed by atoms with Crippen molar-refractivity contribution in [3.05, 3.63) is 103 Å². The smallest absolute Gasteiger partial charge is 0.415 e. The van der Waals surface area contributed by atoms with Crippen molar-refractivity contribution >= 4 is 46.3 Å². The molecule has 0 radical (unpaired) electrons. The normalized spacial score (nSPS) is 21.2. The number of fused-ring (bicyclic) bond motifs is 5. The number of nitriles is 1. The first-order valence-corrected chi connectivity index (χ1v) is 25.3. The summed E-state index contributed by atoms with van der Waals surface area (Å²) in [5.41, 5.74) is 3.21. The number of esters is 1. The van der Waals surface area contributed by atoms with Crippen molar-refractivity contribution in [2.75, 3.05) is 64.8 Å². The number of ether oxygens (including phenoxy) is 3. The third kappa shape index (κ3) is 9.46. The van der Waals surface area contributed by atoms with Crippen molar-refractivity contribution in [1.29, 1.82) is 5.26 Å². The molecule has 72 heavy (non-hydrogen) atoms. The molecule has 3 aromatic heterocycles. The molecule has 2 aromatic carbocycles. The van der Waals surface area contributed by atoms with E-state index in [2.05, 4.69) is 31.4 Å². The average Bonchev–Trinajstić information content (AvgIpc) is 3.75. The maximum Gasteiger partial charge on any atom is 0.415 e. The van der Waals surface area contributed by atoms with E-state index in [1.807, 2.05) is 44.1 Å². The summed E-state index contributed by atoms with van der Waals surface area (Å²) in [6.45, 7) is 9.27. The molecule has 1 aliphatic carbocycles. The zero-order valence-electron chi connectivity index (χ0n) is 41.1. The summed E-state index contributed by atoms with van der Waals surface area (Å²) in [5.74, 6) is 1.40. The quantitative estimate of drug-likeness (QED) is 0.145. The number of carbonyl (C=O) groups excluding carboxylic acids is 3. The summed E-state index contributed by atoms with van der Waals surface area (Å²) >= 11 is 6.34. The van der Waals surface area contributed by atoms with Crippen LogP contribution in [-0.2, 0) is 34.8 Å². The van der Waals surface area contributed by atoms with Gasteiger partial charge in [-0.25, -0.2) is 14.6 Å². The Morgan fingerprint density at radius 2 is 1.72 bits per heavy atom. The third-order valence-corrected chi connectivity index (χ3v) is 15.6. The van der Waals surface area contributed by atoms with Gasteiger partial charge in [0.15, 0.2) is 17.1 Å². The minimum absolute atomic E-state index is 0.00375. The lowest BCUT2D eigenvalue weighted by atomic mass is 9.86. The Morgan fingerprint density at radius 1 is 0.972 bits per heavy atom. The van der Waals surface area contributed by atoms with E-state index in [4.69, 9.17) is 30.8 Å². The van der Waals surface area contributed by atoms with Crippen LogP contribution in [0.3, 0.4) is 0 Å². The number of pyridine rings is 2. The molecule has 1 saturated carbocycles. The summed E-state index contributed by atoms with van der Waals surface area (Å²) in [7, 11) is 3.90. The van der Waals surface area contributed by atoms with Crippen LogP contribution in [0.5, 0.6) is 11.5 Å². The van der Waals surface area contributed by atoms with Gasteiger partial charge in [0.1, 0.15) is 24.2 Å². The maximum atomic E-state index is 13.8. The van der Waals surface area contributed by atoms with Gasteiger partial charge in [0.25, 0.3) is 11.5 Å². The van der Waals surface area contributed by atoms with E-state index in [1.165, 1.54) is 0 Å². The first-order valence-electron chi connectivity index (χ1n) is 24.9. The minimum atomic E-state index is -1.91. The van der Waals surface area contributed by atoms with Crippen molar-refractivity contribution in [2.45, 2.75) is 96.2 Å². The summed E-state index contributed by atoms with van der Waals surface area (Å²) in [6.07, 6.45) is 4.77. The highest BCUT2D eigenvalue weighted by molar-refractivity contribution is 6.32. The topological polar surface area (TPSA) is 209 Å². The molecule has 0 bridgehead atoms. The van der Waals surface area contributed by atoms with Crippen LogP contribution in [-0.4, -0.2) is 130 Å². The first kappa shape index (κ1) is 49.0. The number of hydrogen-bond acceptors (Lipinski definition) is 15. The van der Waals surface area contributed by atoms with E-state index >= 15 is 0 Å². The largest absolute Gasteiger partial charge is 0.490 e. The summed E-state index contributed by atoms with van der Waals surface area (Å²) in [4.78, 5) is 66.7. The van der Waals surface area contributed by atoms with Gasteiger partial charge in [0.2, 0.25) is 0 Å². The number of nitrogens with zero attached hydrogens (tertiary/aromatic N) is 9. The van der Waals surface area contributed by atoms with Crippen molar-refractivity contribution in [1.82, 2.24) is 39.8 Å². The Morgan fingerprint density at radius 3 is 2.42 bits per heavy atom. The van der Waals surface area contributed by atoms with Crippen molar-refractivity contribution in [3.63, 3.8) is 0 Å². The number of piperazine rings is 1. The lowest BCUT2D eigenvalue weighted by Crippen LogP contribution is -2.51. The monoisotopic (exact) mass is 998 g/mol. The molecule has 0 spiro atoms. The van der Waals surface area contributed by atoms with Gasteiger partial charge in [-0.05, 0) is 120 Å². The molecule has 3 fully saturated rings. The zero-order chi connectivity index (χ0) is 50.4. The molecule has 0 unspecified atom stereocenters. The molecule has 2 amide bonds. The van der Waals surface area contributed by atoms with Crippen LogP contribution in [0, 0.1) is 24.2 Å². The number of carbonyl (C=O) groups is 3. The Labute approximate surface area is 422 Å². The van der Waals surface area contributed by atoms with Crippen LogP contribution >= 0.6 is 11.6 Å². The van der Waals surface area contributed by atoms with Gasteiger partial charge in [-0.3, -0.25) is 14.5 Å². The summed E-state index contributed by atoms with van der Waals surface area (Å²) in [6, 6.07) is 16.5. The maximum absolute atomic E-state index is 13.8. The molecule has 376 valence electrons. The molecule has 2 saturated heterocycles. The fourth-order valence-electron chi connectivity index (χ4n) is 10.9. The van der Waals surface area contributed by atoms with Gasteiger partial charge in [0.05, 0.1) is 45.7 Å². The van der Waals surface area contributed by atoms with E-state index in [9.17, 15) is 29.5 Å². The first-order chi connectivity index (χ1) is 34.7. The molecule has 2 N–H and O–H groups in total. The highest BCUT2D eigenvalue weighted by Gasteiger charge is 2.45. The van der Waals surface area contributed by atoms with Crippen LogP contribution < -0.4 is 25.2 Å². The van der Waals surface area contributed by atoms with Gasteiger partial charge in [-0.2, -0.15) is 5.26 Å². The average molecular weight is 1000 g/mol. The van der Waals surface area contributed by atoms with E-state index in [1.54, 1.807) is 46.7 Å². The summed E-state index contributed by atoms with van der Waals surface area (Å²) in [5, 5.41) is 33.6. The Bertz CT molecular complexity index is 3040. The van der Waals surface area contributed by atoms with Crippen LogP contribution in [0.4, 0.5) is 10.6 Å². The minimum Gasteiger partial charge on any atom is -0.490 e. The molecular formula is C53H59ClN10O8. The molecule has 10 rings (SSSR count). The SMILES string of the molecule is CC[C@@]1(O)C(=O)OCc2c1cc1n(c2=O)Cc2cc3c(CN(C)C)c(OC(=O)N4CCN(CC5CCN(c6ccc(C(=O)NC7CCC(Oc8ccc(C#N)c(Cl)c8C)CC7)nn6)CC5)CC4)ccc3nc2-1. The lowest BCUT2D eigenvalue weighted by Gasteiger charge is -2.38. The number of aliphatic hydroxyl groups is 1. The number of nitrogens with one attached hydrogen (secondary N) is 1. The number of rotatable bonds is 11. The van der Waals surface area contributed by atoms with Gasteiger partial charge in [0, 0.05) is 86.0 Å². The molecule has 18 nitrogen and oxygen atoms in total. The number of halogens is 1. The number of hydrogen-bond donors (Lipinski definition) is 2. The number of aromatic nitrogens is 4. The number of cyclic esters (lactones) is 1. The van der Waals surface area contributed by atoms with E-state index in [0.29, 0.717) is 70.2 Å². The predicted octanol–water partition coefficient (Wildman–Crippen LogP) is 5.92. The van der Waals surface area contributed by atoms with Gasteiger partial charge in [-0.1, -0.05) is 18.5 Å². The predicted molar refractivity (Wildman–Crippen MR) is 268 cm³/mol. The van der Waals surface area contributed by atoms with E-state index in [0.717, 1.165) is 99.1 Å². The van der Waals surface area contributed by atoms with Gasteiger partial charge < -0.3 is 43.9 Å². The van der Waals surface area contributed by atoms with Crippen molar-refractivity contribution in [2.24, 2.45) is 5.92 Å². The van der Waals surface area contributed by atoms with E-state index in [-0.39, 0.29) is 54.3 Å². The highest BCUT2D eigenvalue weighted by Crippen LogP contribution is 2.40. The second kappa shape index (κ2) is 20.1. The number of amides is 2. The third-order valence-electron chi connectivity index (χ3n) is 15.2. The molecule has 5 aliphatic rings. The van der Waals surface area contributed by atoms with E-state index < -0.39 is 17.7 Å². The molecule has 5 aromatic rings. The van der Waals surface area contributed by atoms with Crippen molar-refractivity contribution < 1.29 is 33.7 Å². The van der Waals surface area contributed by atoms with Crippen LogP contribution in [0.1, 0.15) is 95.7 Å². The molecule has 4 aliphatic heterocycles. The number of anilines is 1. The molecular weight excluding hydrogens is 940 g/mol. The highest BCUT2D eigenvalue weighted by atomic mass is 35.5. The number of piperidine rings is 1.